The fraction of sp³-hybridized carbons (Fsp3) is 0.333. The van der Waals surface area contributed by atoms with E-state index in [4.69, 9.17) is 16.7 Å². The summed E-state index contributed by atoms with van der Waals surface area (Å²) in [5.74, 6) is -3.51. The Balaban J connectivity index is 3.13. The number of carboxylic acids is 1. The maximum Gasteiger partial charge on any atom is 0.574 e. The van der Waals surface area contributed by atoms with Crippen molar-refractivity contribution in [3.05, 3.63) is 17.3 Å². The number of aliphatic carboxylic acids is 1. The SMILES string of the molecule is O=C(O)Cc1cc(O)c(OC(F)(F)F)nc1CCl. The molecule has 0 atom stereocenters. The third-order valence-corrected chi connectivity index (χ3v) is 2.07. The third kappa shape index (κ3) is 3.95. The number of halogens is 4. The summed E-state index contributed by atoms with van der Waals surface area (Å²) < 4.78 is 39.4. The van der Waals surface area contributed by atoms with E-state index in [0.717, 1.165) is 6.07 Å². The number of ether oxygens (including phenoxy) is 1. The van der Waals surface area contributed by atoms with E-state index in [0.29, 0.717) is 0 Å². The Hall–Kier alpha value is -1.70. The maximum absolute atomic E-state index is 12.0. The Kier molecular flexibility index (Phi) is 4.23. The molecule has 1 rings (SSSR count). The highest BCUT2D eigenvalue weighted by Crippen LogP contribution is 2.31. The first-order chi connectivity index (χ1) is 8.23. The number of rotatable bonds is 4. The molecule has 0 unspecified atom stereocenters. The molecule has 0 aromatic carbocycles. The van der Waals surface area contributed by atoms with Crippen molar-refractivity contribution in [2.75, 3.05) is 0 Å². The predicted octanol–water partition coefficient (Wildman–Crippen LogP) is 2.05. The van der Waals surface area contributed by atoms with E-state index in [1.165, 1.54) is 0 Å². The van der Waals surface area contributed by atoms with Crippen LogP contribution >= 0.6 is 11.6 Å². The lowest BCUT2D eigenvalue weighted by Crippen LogP contribution is -2.18. The molecule has 2 N–H and O–H groups in total. The molecular formula is C9H7ClF3NO4. The van der Waals surface area contributed by atoms with Crippen molar-refractivity contribution in [1.29, 1.82) is 0 Å². The molecular weight excluding hydrogens is 279 g/mol. The number of carboxylic acid groups (broad SMARTS) is 1. The second kappa shape index (κ2) is 5.30. The second-order valence-corrected chi connectivity index (χ2v) is 3.44. The van der Waals surface area contributed by atoms with Gasteiger partial charge in [-0.3, -0.25) is 4.79 Å². The second-order valence-electron chi connectivity index (χ2n) is 3.17. The minimum absolute atomic E-state index is 0.0181. The van der Waals surface area contributed by atoms with Gasteiger partial charge in [0.1, 0.15) is 0 Å². The van der Waals surface area contributed by atoms with Gasteiger partial charge in [-0.15, -0.1) is 24.8 Å². The molecule has 9 heteroatoms. The van der Waals surface area contributed by atoms with Crippen molar-refractivity contribution in [2.45, 2.75) is 18.7 Å². The van der Waals surface area contributed by atoms with E-state index in [2.05, 4.69) is 9.72 Å². The van der Waals surface area contributed by atoms with Gasteiger partial charge in [0.25, 0.3) is 5.88 Å². The van der Waals surface area contributed by atoms with Gasteiger partial charge in [-0.05, 0) is 11.6 Å². The van der Waals surface area contributed by atoms with Crippen LogP contribution in [-0.2, 0) is 17.1 Å². The highest BCUT2D eigenvalue weighted by molar-refractivity contribution is 6.17. The third-order valence-electron chi connectivity index (χ3n) is 1.82. The van der Waals surface area contributed by atoms with Gasteiger partial charge in [-0.25, -0.2) is 4.98 Å². The topological polar surface area (TPSA) is 79.7 Å². The zero-order valence-electron chi connectivity index (χ0n) is 8.66. The van der Waals surface area contributed by atoms with Crippen molar-refractivity contribution in [3.63, 3.8) is 0 Å². The molecule has 18 heavy (non-hydrogen) atoms. The van der Waals surface area contributed by atoms with Gasteiger partial charge < -0.3 is 14.9 Å². The van der Waals surface area contributed by atoms with E-state index in [-0.39, 0.29) is 17.1 Å². The lowest BCUT2D eigenvalue weighted by Gasteiger charge is -2.12. The summed E-state index contributed by atoms with van der Waals surface area (Å²) in [6.45, 7) is 0. The fourth-order valence-corrected chi connectivity index (χ4v) is 1.41. The van der Waals surface area contributed by atoms with Crippen molar-refractivity contribution < 1.29 is 32.9 Å². The number of carbonyl (C=O) groups is 1. The van der Waals surface area contributed by atoms with Crippen LogP contribution in [0.4, 0.5) is 13.2 Å². The van der Waals surface area contributed by atoms with Gasteiger partial charge in [0, 0.05) is 0 Å². The number of aromatic hydroxyl groups is 1. The monoisotopic (exact) mass is 285 g/mol. The Morgan fingerprint density at radius 2 is 2.11 bits per heavy atom. The summed E-state index contributed by atoms with van der Waals surface area (Å²) >= 11 is 5.44. The normalized spacial score (nSPS) is 11.3. The van der Waals surface area contributed by atoms with E-state index >= 15 is 0 Å². The minimum atomic E-state index is -5.01. The van der Waals surface area contributed by atoms with Crippen molar-refractivity contribution in [1.82, 2.24) is 4.98 Å². The van der Waals surface area contributed by atoms with Crippen LogP contribution in [0.15, 0.2) is 6.07 Å². The van der Waals surface area contributed by atoms with E-state index in [1.807, 2.05) is 0 Å². The van der Waals surface area contributed by atoms with E-state index in [1.54, 1.807) is 0 Å². The van der Waals surface area contributed by atoms with E-state index in [9.17, 15) is 23.1 Å². The molecule has 0 fully saturated rings. The summed E-state index contributed by atoms with van der Waals surface area (Å²) in [5, 5.41) is 17.8. The first kappa shape index (κ1) is 14.4. The van der Waals surface area contributed by atoms with Crippen LogP contribution in [0, 0.1) is 0 Å². The summed E-state index contributed by atoms with van der Waals surface area (Å²) in [5.41, 5.74) is -0.0827. The number of alkyl halides is 4. The Morgan fingerprint density at radius 1 is 1.50 bits per heavy atom. The molecule has 1 aromatic heterocycles. The average Bonchev–Trinajstić information content (AvgIpc) is 2.19. The van der Waals surface area contributed by atoms with Crippen molar-refractivity contribution in [3.8, 4) is 11.6 Å². The number of hydrogen-bond donors (Lipinski definition) is 2. The first-order valence-electron chi connectivity index (χ1n) is 4.48. The average molecular weight is 286 g/mol. The molecule has 1 aromatic rings. The van der Waals surface area contributed by atoms with E-state index < -0.39 is 30.4 Å². The van der Waals surface area contributed by atoms with Gasteiger partial charge in [0.2, 0.25) is 0 Å². The number of hydrogen-bond acceptors (Lipinski definition) is 4. The highest BCUT2D eigenvalue weighted by atomic mass is 35.5. The first-order valence-corrected chi connectivity index (χ1v) is 5.01. The van der Waals surface area contributed by atoms with Crippen molar-refractivity contribution >= 4 is 17.6 Å². The molecule has 0 aliphatic carbocycles. The molecule has 0 bridgehead atoms. The highest BCUT2D eigenvalue weighted by Gasteiger charge is 2.33. The minimum Gasteiger partial charge on any atom is -0.503 e. The lowest BCUT2D eigenvalue weighted by atomic mass is 10.1. The lowest BCUT2D eigenvalue weighted by molar-refractivity contribution is -0.276. The maximum atomic E-state index is 12.0. The summed E-state index contributed by atoms with van der Waals surface area (Å²) in [6.07, 6.45) is -5.53. The number of nitrogens with zero attached hydrogens (tertiary/aromatic N) is 1. The standard InChI is InChI=1S/C9H7ClF3NO4/c10-3-5-4(2-7(16)17)1-6(15)8(14-5)18-9(11,12)13/h1,15H,2-3H2,(H,16,17). The molecule has 0 aliphatic rings. The largest absolute Gasteiger partial charge is 0.574 e. The molecule has 5 nitrogen and oxygen atoms in total. The van der Waals surface area contributed by atoms with Crippen LogP contribution < -0.4 is 4.74 Å². The van der Waals surface area contributed by atoms with Crippen LogP contribution in [0.25, 0.3) is 0 Å². The molecule has 100 valence electrons. The molecule has 0 aliphatic heterocycles. The number of pyridine rings is 1. The van der Waals surface area contributed by atoms with Crippen LogP contribution in [0.1, 0.15) is 11.3 Å². The quantitative estimate of drug-likeness (QED) is 0.828. The summed E-state index contributed by atoms with van der Waals surface area (Å²) in [7, 11) is 0. The molecule has 0 radical (unpaired) electrons. The van der Waals surface area contributed by atoms with Gasteiger partial charge in [-0.2, -0.15) is 0 Å². The number of aromatic nitrogens is 1. The smallest absolute Gasteiger partial charge is 0.503 e. The Labute approximate surface area is 104 Å². The van der Waals surface area contributed by atoms with Crippen LogP contribution in [-0.4, -0.2) is 27.5 Å². The van der Waals surface area contributed by atoms with Gasteiger partial charge in [0.05, 0.1) is 18.0 Å². The molecule has 0 saturated carbocycles. The summed E-state index contributed by atoms with van der Waals surface area (Å²) in [4.78, 5) is 13.8. The Bertz CT molecular complexity index is 464. The van der Waals surface area contributed by atoms with Crippen LogP contribution in [0.5, 0.6) is 11.6 Å². The van der Waals surface area contributed by atoms with Gasteiger partial charge in [0.15, 0.2) is 5.75 Å². The zero-order valence-corrected chi connectivity index (χ0v) is 9.42. The Morgan fingerprint density at radius 3 is 2.56 bits per heavy atom. The molecule has 0 saturated heterocycles. The fourth-order valence-electron chi connectivity index (χ4n) is 1.18. The van der Waals surface area contributed by atoms with Gasteiger partial charge >= 0.3 is 12.3 Å². The molecule has 0 amide bonds. The zero-order chi connectivity index (χ0) is 13.9. The van der Waals surface area contributed by atoms with Gasteiger partial charge in [-0.1, -0.05) is 0 Å². The predicted molar refractivity (Wildman–Crippen MR) is 53.5 cm³/mol. The van der Waals surface area contributed by atoms with Crippen LogP contribution in [0.2, 0.25) is 0 Å². The van der Waals surface area contributed by atoms with Crippen LogP contribution in [0.3, 0.4) is 0 Å². The molecule has 1 heterocycles. The van der Waals surface area contributed by atoms with Crippen molar-refractivity contribution in [2.24, 2.45) is 0 Å². The molecule has 0 spiro atoms. The summed E-state index contributed by atoms with van der Waals surface area (Å²) in [6, 6.07) is 0.833.